The van der Waals surface area contributed by atoms with Crippen molar-refractivity contribution in [1.82, 2.24) is 0 Å². The molecule has 1 aromatic rings. The number of hydrogen-bond donors (Lipinski definition) is 1. The van der Waals surface area contributed by atoms with E-state index in [4.69, 9.17) is 5.73 Å². The van der Waals surface area contributed by atoms with Crippen molar-refractivity contribution in [3.8, 4) is 0 Å². The molecule has 82 valence electrons. The van der Waals surface area contributed by atoms with E-state index in [0.717, 1.165) is 36.0 Å². The maximum absolute atomic E-state index is 12.3. The minimum absolute atomic E-state index is 0.185. The molecule has 16 heavy (non-hydrogen) atoms. The highest BCUT2D eigenvalue weighted by Crippen LogP contribution is 2.42. The first kappa shape index (κ1) is 9.64. The van der Waals surface area contributed by atoms with Gasteiger partial charge in [-0.3, -0.25) is 4.79 Å². The monoisotopic (exact) mass is 213 g/mol. The van der Waals surface area contributed by atoms with Crippen molar-refractivity contribution in [2.75, 3.05) is 5.73 Å². The standard InChI is InChI=1S/C14H15NO/c15-12-8-4-7-10-9-5-2-1-3-6-11(9)14(16)13(10)12/h4,7-8H,1-3,5-6,15H2. The second-order valence-electron chi connectivity index (χ2n) is 4.62. The van der Waals surface area contributed by atoms with Crippen LogP contribution in [-0.2, 0) is 0 Å². The molecule has 0 spiro atoms. The van der Waals surface area contributed by atoms with Crippen LogP contribution >= 0.6 is 0 Å². The zero-order chi connectivity index (χ0) is 11.1. The van der Waals surface area contributed by atoms with E-state index in [9.17, 15) is 4.79 Å². The fourth-order valence-electron chi connectivity index (χ4n) is 2.86. The van der Waals surface area contributed by atoms with Gasteiger partial charge in [-0.1, -0.05) is 18.6 Å². The predicted octanol–water partition coefficient (Wildman–Crippen LogP) is 3.18. The Morgan fingerprint density at radius 2 is 1.75 bits per heavy atom. The smallest absolute Gasteiger partial charge is 0.191 e. The van der Waals surface area contributed by atoms with Gasteiger partial charge in [-0.2, -0.15) is 0 Å². The van der Waals surface area contributed by atoms with E-state index in [1.165, 1.54) is 18.4 Å². The molecule has 2 nitrogen and oxygen atoms in total. The van der Waals surface area contributed by atoms with Crippen LogP contribution in [0.4, 0.5) is 5.69 Å². The number of Topliss-reactive ketones (excluding diaryl/α,β-unsaturated/α-hetero) is 1. The molecule has 2 heteroatoms. The van der Waals surface area contributed by atoms with Crippen molar-refractivity contribution in [2.24, 2.45) is 0 Å². The Bertz CT molecular complexity index is 499. The molecular formula is C14H15NO. The lowest BCUT2D eigenvalue weighted by molar-refractivity contribution is 0.103. The van der Waals surface area contributed by atoms with Gasteiger partial charge in [-0.05, 0) is 42.9 Å². The molecule has 3 rings (SSSR count). The van der Waals surface area contributed by atoms with E-state index in [-0.39, 0.29) is 5.78 Å². The van der Waals surface area contributed by atoms with Crippen LogP contribution in [0, 0.1) is 0 Å². The number of benzene rings is 1. The van der Waals surface area contributed by atoms with Crippen LogP contribution in [0.25, 0.3) is 5.57 Å². The van der Waals surface area contributed by atoms with Crippen molar-refractivity contribution < 1.29 is 4.79 Å². The number of nitrogens with two attached hydrogens (primary N) is 1. The fourth-order valence-corrected chi connectivity index (χ4v) is 2.86. The fraction of sp³-hybridized carbons (Fsp3) is 0.357. The minimum Gasteiger partial charge on any atom is -0.398 e. The number of rotatable bonds is 0. The molecule has 0 bridgehead atoms. The zero-order valence-corrected chi connectivity index (χ0v) is 9.25. The molecule has 0 fully saturated rings. The molecule has 1 aromatic carbocycles. The Labute approximate surface area is 95.2 Å². The van der Waals surface area contributed by atoms with Gasteiger partial charge < -0.3 is 5.73 Å². The van der Waals surface area contributed by atoms with Crippen LogP contribution in [-0.4, -0.2) is 5.78 Å². The molecule has 0 heterocycles. The number of allylic oxidation sites excluding steroid dienone is 2. The highest BCUT2D eigenvalue weighted by Gasteiger charge is 2.31. The second kappa shape index (κ2) is 3.48. The third-order valence-corrected chi connectivity index (χ3v) is 3.64. The highest BCUT2D eigenvalue weighted by atomic mass is 16.1. The largest absolute Gasteiger partial charge is 0.398 e. The van der Waals surface area contributed by atoms with Crippen LogP contribution in [0.2, 0.25) is 0 Å². The molecule has 2 N–H and O–H groups in total. The summed E-state index contributed by atoms with van der Waals surface area (Å²) >= 11 is 0. The Hall–Kier alpha value is -1.57. The summed E-state index contributed by atoms with van der Waals surface area (Å²) in [7, 11) is 0. The third kappa shape index (κ3) is 1.22. The third-order valence-electron chi connectivity index (χ3n) is 3.64. The van der Waals surface area contributed by atoms with Crippen LogP contribution in [0.1, 0.15) is 48.0 Å². The number of carbonyl (C=O) groups is 1. The van der Waals surface area contributed by atoms with Gasteiger partial charge in [0.1, 0.15) is 0 Å². The molecule has 0 saturated carbocycles. The summed E-state index contributed by atoms with van der Waals surface area (Å²) in [6, 6.07) is 5.81. The Morgan fingerprint density at radius 1 is 1.00 bits per heavy atom. The molecule has 0 amide bonds. The number of nitrogen functional groups attached to an aromatic ring is 1. The van der Waals surface area contributed by atoms with E-state index in [1.807, 2.05) is 18.2 Å². The summed E-state index contributed by atoms with van der Waals surface area (Å²) in [6.45, 7) is 0. The van der Waals surface area contributed by atoms with Crippen molar-refractivity contribution in [2.45, 2.75) is 32.1 Å². The maximum Gasteiger partial charge on any atom is 0.191 e. The summed E-state index contributed by atoms with van der Waals surface area (Å²) in [5, 5.41) is 0. The SMILES string of the molecule is Nc1cccc2c1C(=O)C1=C2CCCCC1. The first-order valence-corrected chi connectivity index (χ1v) is 5.94. The van der Waals surface area contributed by atoms with Gasteiger partial charge in [0.05, 0.1) is 5.56 Å². The normalized spacial score (nSPS) is 19.4. The topological polar surface area (TPSA) is 43.1 Å². The van der Waals surface area contributed by atoms with Gasteiger partial charge >= 0.3 is 0 Å². The summed E-state index contributed by atoms with van der Waals surface area (Å²) in [4.78, 5) is 12.3. The van der Waals surface area contributed by atoms with E-state index >= 15 is 0 Å². The Balaban J connectivity index is 2.19. The lowest BCUT2D eigenvalue weighted by atomic mass is 10.0. The van der Waals surface area contributed by atoms with Crippen molar-refractivity contribution in [3.05, 3.63) is 34.9 Å². The van der Waals surface area contributed by atoms with Crippen molar-refractivity contribution in [3.63, 3.8) is 0 Å². The molecule has 2 aliphatic rings. The predicted molar refractivity (Wildman–Crippen MR) is 65.2 cm³/mol. The summed E-state index contributed by atoms with van der Waals surface area (Å²) in [5.41, 5.74) is 10.7. The van der Waals surface area contributed by atoms with Crippen LogP contribution < -0.4 is 5.73 Å². The van der Waals surface area contributed by atoms with Crippen LogP contribution in [0.5, 0.6) is 0 Å². The molecule has 0 unspecified atom stereocenters. The first-order valence-electron chi connectivity index (χ1n) is 5.94. The summed E-state index contributed by atoms with van der Waals surface area (Å²) in [5.74, 6) is 0.185. The van der Waals surface area contributed by atoms with Crippen molar-refractivity contribution >= 4 is 17.0 Å². The van der Waals surface area contributed by atoms with Gasteiger partial charge in [0, 0.05) is 11.3 Å². The average Bonchev–Trinajstić information content (AvgIpc) is 2.47. The number of carbonyl (C=O) groups excluding carboxylic acids is 1. The first-order chi connectivity index (χ1) is 7.79. The van der Waals surface area contributed by atoms with Gasteiger partial charge in [0.25, 0.3) is 0 Å². The molecular weight excluding hydrogens is 198 g/mol. The molecule has 0 aromatic heterocycles. The molecule has 0 atom stereocenters. The summed E-state index contributed by atoms with van der Waals surface area (Å²) in [6.07, 6.45) is 5.54. The van der Waals surface area contributed by atoms with Gasteiger partial charge in [-0.15, -0.1) is 0 Å². The van der Waals surface area contributed by atoms with E-state index in [0.29, 0.717) is 5.69 Å². The van der Waals surface area contributed by atoms with Crippen molar-refractivity contribution in [1.29, 1.82) is 0 Å². The molecule has 0 aliphatic heterocycles. The molecule has 2 aliphatic carbocycles. The number of ketones is 1. The van der Waals surface area contributed by atoms with E-state index in [1.54, 1.807) is 0 Å². The average molecular weight is 213 g/mol. The quantitative estimate of drug-likeness (QED) is 0.672. The van der Waals surface area contributed by atoms with E-state index in [2.05, 4.69) is 0 Å². The second-order valence-corrected chi connectivity index (χ2v) is 4.62. The maximum atomic E-state index is 12.3. The molecule has 0 saturated heterocycles. The number of hydrogen-bond acceptors (Lipinski definition) is 2. The Morgan fingerprint density at radius 3 is 2.56 bits per heavy atom. The summed E-state index contributed by atoms with van der Waals surface area (Å²) < 4.78 is 0. The lowest BCUT2D eigenvalue weighted by Crippen LogP contribution is -2.03. The minimum atomic E-state index is 0.185. The zero-order valence-electron chi connectivity index (χ0n) is 9.25. The van der Waals surface area contributed by atoms with Crippen LogP contribution in [0.3, 0.4) is 0 Å². The Kier molecular flexibility index (Phi) is 2.10. The highest BCUT2D eigenvalue weighted by molar-refractivity contribution is 6.23. The van der Waals surface area contributed by atoms with E-state index < -0.39 is 0 Å². The van der Waals surface area contributed by atoms with Gasteiger partial charge in [0.15, 0.2) is 5.78 Å². The van der Waals surface area contributed by atoms with Gasteiger partial charge in [0.2, 0.25) is 0 Å². The van der Waals surface area contributed by atoms with Crippen LogP contribution in [0.15, 0.2) is 23.8 Å². The number of fused-ring (bicyclic) bond motifs is 2. The van der Waals surface area contributed by atoms with Gasteiger partial charge in [-0.25, -0.2) is 0 Å². The number of anilines is 1. The molecule has 0 radical (unpaired) electrons. The lowest BCUT2D eigenvalue weighted by Gasteiger charge is -2.05.